The van der Waals surface area contributed by atoms with Crippen LogP contribution in [0.2, 0.25) is 0 Å². The van der Waals surface area contributed by atoms with E-state index in [9.17, 15) is 0 Å². The second-order valence-electron chi connectivity index (χ2n) is 16.1. The smallest absolute Gasteiger partial charge is 0.161 e. The normalized spacial score (nSPS) is 12.7. The Morgan fingerprint density at radius 3 is 1.73 bits per heavy atom. The molecule has 2 heterocycles. The maximum atomic E-state index is 5.27. The molecule has 0 saturated heterocycles. The zero-order valence-electron chi connectivity index (χ0n) is 32.9. The molecule has 10 aromatic rings. The quantitative estimate of drug-likeness (QED) is 0.170. The van der Waals surface area contributed by atoms with Gasteiger partial charge in [0, 0.05) is 40.1 Å². The molecule has 278 valence electrons. The molecule has 0 saturated carbocycles. The van der Waals surface area contributed by atoms with Crippen molar-refractivity contribution in [1.82, 2.24) is 15.0 Å². The molecule has 0 spiro atoms. The van der Waals surface area contributed by atoms with Gasteiger partial charge in [-0.25, -0.2) is 9.97 Å². The Labute approximate surface area is 344 Å². The zero-order valence-corrected chi connectivity index (χ0v) is 32.9. The van der Waals surface area contributed by atoms with E-state index in [1.54, 1.807) is 6.20 Å². The molecule has 0 amide bonds. The van der Waals surface area contributed by atoms with Crippen LogP contribution in [0, 0.1) is 0 Å². The summed E-state index contributed by atoms with van der Waals surface area (Å²) >= 11 is 0. The minimum atomic E-state index is -0.0505. The highest BCUT2D eigenvalue weighted by Crippen LogP contribution is 2.51. The molecule has 0 atom stereocenters. The van der Waals surface area contributed by atoms with Gasteiger partial charge >= 0.3 is 0 Å². The molecule has 2 aromatic heterocycles. The van der Waals surface area contributed by atoms with E-state index in [1.165, 1.54) is 55.3 Å². The molecule has 0 unspecified atom stereocenters. The van der Waals surface area contributed by atoms with Crippen LogP contribution in [0.5, 0.6) is 0 Å². The van der Waals surface area contributed by atoms with Crippen molar-refractivity contribution in [2.24, 2.45) is 0 Å². The Morgan fingerprint density at radius 2 is 0.949 bits per heavy atom. The van der Waals surface area contributed by atoms with E-state index in [0.29, 0.717) is 5.82 Å². The number of nitrogens with zero attached hydrogens (tertiary/aromatic N) is 3. The van der Waals surface area contributed by atoms with Crippen molar-refractivity contribution in [2.45, 2.75) is 19.3 Å². The fourth-order valence-corrected chi connectivity index (χ4v) is 9.07. The number of pyridine rings is 1. The van der Waals surface area contributed by atoms with Gasteiger partial charge < -0.3 is 0 Å². The molecule has 59 heavy (non-hydrogen) atoms. The van der Waals surface area contributed by atoms with Crippen LogP contribution in [0.15, 0.2) is 200 Å². The molecular weight excluding hydrogens is 715 g/mol. The van der Waals surface area contributed by atoms with Gasteiger partial charge in [-0.15, -0.1) is 0 Å². The van der Waals surface area contributed by atoms with Crippen molar-refractivity contribution in [3.05, 3.63) is 212 Å². The predicted molar refractivity (Wildman–Crippen MR) is 245 cm³/mol. The second-order valence-corrected chi connectivity index (χ2v) is 16.1. The third-order valence-electron chi connectivity index (χ3n) is 12.2. The first-order valence-electron chi connectivity index (χ1n) is 20.2. The van der Waals surface area contributed by atoms with E-state index in [0.717, 1.165) is 50.0 Å². The van der Waals surface area contributed by atoms with Gasteiger partial charge in [0.2, 0.25) is 0 Å². The van der Waals surface area contributed by atoms with Gasteiger partial charge in [0.25, 0.3) is 0 Å². The van der Waals surface area contributed by atoms with Crippen molar-refractivity contribution in [3.63, 3.8) is 0 Å². The summed E-state index contributed by atoms with van der Waals surface area (Å²) in [5.74, 6) is 0.695. The van der Waals surface area contributed by atoms with E-state index < -0.39 is 0 Å². The van der Waals surface area contributed by atoms with Crippen LogP contribution in [-0.2, 0) is 5.41 Å². The van der Waals surface area contributed by atoms with Crippen LogP contribution < -0.4 is 0 Å². The van der Waals surface area contributed by atoms with E-state index in [1.807, 2.05) is 18.3 Å². The number of hydrogen-bond acceptors (Lipinski definition) is 3. The number of aromatic nitrogens is 3. The van der Waals surface area contributed by atoms with Gasteiger partial charge in [0.05, 0.1) is 11.4 Å². The van der Waals surface area contributed by atoms with E-state index >= 15 is 0 Å². The van der Waals surface area contributed by atoms with Crippen LogP contribution in [0.4, 0.5) is 0 Å². The van der Waals surface area contributed by atoms with Gasteiger partial charge in [-0.1, -0.05) is 159 Å². The van der Waals surface area contributed by atoms with E-state index in [2.05, 4.69) is 195 Å². The third kappa shape index (κ3) is 6.02. The molecule has 1 aliphatic carbocycles. The third-order valence-corrected chi connectivity index (χ3v) is 12.2. The molecule has 1 aliphatic rings. The van der Waals surface area contributed by atoms with Gasteiger partial charge in [0.15, 0.2) is 5.82 Å². The lowest BCUT2D eigenvalue weighted by atomic mass is 9.81. The Hall–Kier alpha value is -7.49. The van der Waals surface area contributed by atoms with Crippen molar-refractivity contribution < 1.29 is 0 Å². The first-order valence-corrected chi connectivity index (χ1v) is 20.2. The van der Waals surface area contributed by atoms with Crippen molar-refractivity contribution in [1.29, 1.82) is 0 Å². The lowest BCUT2D eigenvalue weighted by Gasteiger charge is -2.22. The summed E-state index contributed by atoms with van der Waals surface area (Å²) in [5, 5.41) is 4.85. The molecule has 3 heteroatoms. The van der Waals surface area contributed by atoms with Crippen LogP contribution in [-0.4, -0.2) is 15.0 Å². The fourth-order valence-electron chi connectivity index (χ4n) is 9.07. The molecular formula is C56H39N3. The number of hydrogen-bond donors (Lipinski definition) is 0. The number of rotatable bonds is 6. The van der Waals surface area contributed by atoms with Crippen LogP contribution in [0.25, 0.3) is 100.0 Å². The van der Waals surface area contributed by atoms with Crippen LogP contribution in [0.3, 0.4) is 0 Å². The SMILES string of the molecule is CC1(C)c2ccc(-c3ccc(-c4ccc(-c5nc(-c6ccccc6)cc(-c6cccc(-c7cccnc7)c6)n5)c5ccccc45)cc3)cc2-c2cc3ccccc3cc21. The van der Waals surface area contributed by atoms with Crippen molar-refractivity contribution in [3.8, 4) is 78.4 Å². The van der Waals surface area contributed by atoms with E-state index in [4.69, 9.17) is 9.97 Å². The maximum Gasteiger partial charge on any atom is 0.161 e. The molecule has 8 aromatic carbocycles. The Bertz CT molecular complexity index is 3220. The van der Waals surface area contributed by atoms with E-state index in [-0.39, 0.29) is 5.41 Å². The summed E-state index contributed by atoms with van der Waals surface area (Å²) in [6, 6.07) is 67.6. The Balaban J connectivity index is 0.976. The molecule has 0 N–H and O–H groups in total. The molecule has 0 aliphatic heterocycles. The highest BCUT2D eigenvalue weighted by Gasteiger charge is 2.35. The lowest BCUT2D eigenvalue weighted by Crippen LogP contribution is -2.14. The average molecular weight is 754 g/mol. The minimum Gasteiger partial charge on any atom is -0.264 e. The van der Waals surface area contributed by atoms with Crippen LogP contribution >= 0.6 is 0 Å². The van der Waals surface area contributed by atoms with Gasteiger partial charge in [-0.2, -0.15) is 0 Å². The monoisotopic (exact) mass is 753 g/mol. The Kier molecular flexibility index (Phi) is 8.16. The number of fused-ring (bicyclic) bond motifs is 5. The topological polar surface area (TPSA) is 38.7 Å². The highest BCUT2D eigenvalue weighted by atomic mass is 14.9. The summed E-state index contributed by atoms with van der Waals surface area (Å²) in [6.45, 7) is 4.70. The summed E-state index contributed by atoms with van der Waals surface area (Å²) in [6.07, 6.45) is 3.70. The summed E-state index contributed by atoms with van der Waals surface area (Å²) in [4.78, 5) is 14.8. The minimum absolute atomic E-state index is 0.0505. The van der Waals surface area contributed by atoms with Gasteiger partial charge in [-0.3, -0.25) is 4.98 Å². The first-order chi connectivity index (χ1) is 29.0. The molecule has 0 radical (unpaired) electrons. The zero-order chi connectivity index (χ0) is 39.5. The molecule has 0 fully saturated rings. The summed E-state index contributed by atoms with van der Waals surface area (Å²) < 4.78 is 0. The highest BCUT2D eigenvalue weighted by molar-refractivity contribution is 6.04. The van der Waals surface area contributed by atoms with Crippen LogP contribution in [0.1, 0.15) is 25.0 Å². The molecule has 11 rings (SSSR count). The first kappa shape index (κ1) is 34.7. The number of benzene rings is 8. The summed E-state index contributed by atoms with van der Waals surface area (Å²) in [5.41, 5.74) is 17.2. The maximum absolute atomic E-state index is 5.27. The largest absolute Gasteiger partial charge is 0.264 e. The average Bonchev–Trinajstić information content (AvgIpc) is 3.52. The van der Waals surface area contributed by atoms with Gasteiger partial charge in [-0.05, 0) is 114 Å². The Morgan fingerprint density at radius 1 is 0.356 bits per heavy atom. The lowest BCUT2D eigenvalue weighted by molar-refractivity contribution is 0.661. The fraction of sp³-hybridized carbons (Fsp3) is 0.0536. The standard InChI is InChI=1S/C56H39N3/c1-56(2)51-28-25-42(32-49(51)50-31-40-14-6-7-15-41(40)33-52(50)56)36-21-23-37(24-22-36)45-26-27-48(47-20-9-8-19-46(45)47)55-58-53(38-12-4-3-5-13-38)34-54(59-55)43-17-10-16-39(30-43)44-18-11-29-57-35-44/h3-35H,1-2H3. The van der Waals surface area contributed by atoms with Crippen molar-refractivity contribution in [2.75, 3.05) is 0 Å². The molecule has 3 nitrogen and oxygen atoms in total. The van der Waals surface area contributed by atoms with Crippen molar-refractivity contribution >= 4 is 21.5 Å². The summed E-state index contributed by atoms with van der Waals surface area (Å²) in [7, 11) is 0. The second kappa shape index (κ2) is 13.9. The van der Waals surface area contributed by atoms with Gasteiger partial charge in [0.1, 0.15) is 0 Å². The molecule has 0 bridgehead atoms. The predicted octanol–water partition coefficient (Wildman–Crippen LogP) is 14.5.